The topological polar surface area (TPSA) is 210 Å². The van der Waals surface area contributed by atoms with Crippen LogP contribution < -0.4 is 0 Å². The van der Waals surface area contributed by atoms with E-state index in [0.717, 1.165) is 77.0 Å². The third-order valence-electron chi connectivity index (χ3n) is 22.8. The van der Waals surface area contributed by atoms with Crippen molar-refractivity contribution in [2.45, 2.75) is 490 Å². The van der Waals surface area contributed by atoms with E-state index in [1.807, 2.05) is 0 Å². The standard InChI is InChI=1S/C101H188O16S4/c1-5-9-13-17-21-25-29-33-37-41-45-49-53-57-61-65-77-110-93(102)69-81-118-85-73-97(106)114-89-101(90-115-98(107)74-86-119-82-70-94(103)111-78-66-62-58-54-50-46-42-38-34-30-26-22-18-14-10-6-2,91-116-99(108)75-87-120-83-71-95(104)112-79-67-63-59-55-51-47-43-39-35-31-27-23-19-15-11-7-3)92-117-100(109)76-88-121-84-72-96(105)113-80-68-64-60-56-52-48-44-40-36-32-28-24-20-16-12-8-4/h5-92H2,1-4H3. The van der Waals surface area contributed by atoms with Crippen molar-refractivity contribution in [3.8, 4) is 0 Å². The van der Waals surface area contributed by atoms with Gasteiger partial charge in [-0.05, 0) is 25.7 Å². The van der Waals surface area contributed by atoms with Crippen LogP contribution in [0.25, 0.3) is 0 Å². The van der Waals surface area contributed by atoms with Crippen LogP contribution in [0.5, 0.6) is 0 Å². The minimum Gasteiger partial charge on any atom is -0.466 e. The van der Waals surface area contributed by atoms with Gasteiger partial charge in [-0.1, -0.05) is 413 Å². The molecule has 0 fully saturated rings. The molecule has 0 saturated carbocycles. The maximum Gasteiger partial charge on any atom is 0.306 e. The van der Waals surface area contributed by atoms with Crippen LogP contribution in [0.3, 0.4) is 0 Å². The Balaban J connectivity index is 5.59. The number of rotatable bonds is 100. The molecule has 0 aliphatic rings. The molecule has 16 nitrogen and oxygen atoms in total. The normalized spacial score (nSPS) is 11.5. The summed E-state index contributed by atoms with van der Waals surface area (Å²) in [5.41, 5.74) is -1.50. The average Bonchev–Trinajstić information content (AvgIpc) is 0.851. The van der Waals surface area contributed by atoms with Gasteiger partial charge in [0.25, 0.3) is 0 Å². The Kier molecular flexibility index (Phi) is 95.5. The molecular weight excluding hydrogens is 1600 g/mol. The fourth-order valence-corrected chi connectivity index (χ4v) is 18.1. The van der Waals surface area contributed by atoms with Crippen LogP contribution in [0.1, 0.15) is 490 Å². The van der Waals surface area contributed by atoms with Gasteiger partial charge in [0.2, 0.25) is 0 Å². The van der Waals surface area contributed by atoms with Gasteiger partial charge in [0, 0.05) is 46.0 Å². The highest BCUT2D eigenvalue weighted by Gasteiger charge is 2.38. The highest BCUT2D eigenvalue weighted by Crippen LogP contribution is 2.26. The largest absolute Gasteiger partial charge is 0.466 e. The molecular formula is C101H188O16S4. The van der Waals surface area contributed by atoms with Gasteiger partial charge in [0.05, 0.1) is 77.8 Å². The summed E-state index contributed by atoms with van der Waals surface area (Å²) in [7, 11) is 0. The Hall–Kier alpha value is -2.84. The van der Waals surface area contributed by atoms with Crippen LogP contribution in [-0.2, 0) is 76.3 Å². The van der Waals surface area contributed by atoms with Crippen LogP contribution in [0, 0.1) is 5.41 Å². The Bertz CT molecular complexity index is 1990. The number of carbonyl (C=O) groups is 8. The van der Waals surface area contributed by atoms with E-state index in [1.54, 1.807) is 0 Å². The van der Waals surface area contributed by atoms with Crippen molar-refractivity contribution in [2.75, 3.05) is 98.9 Å². The van der Waals surface area contributed by atoms with Crippen LogP contribution in [0.4, 0.5) is 0 Å². The first-order valence-corrected chi connectivity index (χ1v) is 55.6. The lowest BCUT2D eigenvalue weighted by atomic mass is 9.92. The minimum absolute atomic E-state index is 0.00669. The second-order valence-corrected chi connectivity index (χ2v) is 39.6. The number of hydrogen-bond donors (Lipinski definition) is 0. The maximum atomic E-state index is 13.6. The number of carbonyl (C=O) groups excluding carboxylic acids is 8. The molecule has 0 aromatic carbocycles. The Labute approximate surface area is 760 Å². The van der Waals surface area contributed by atoms with Crippen molar-refractivity contribution >= 4 is 94.8 Å². The summed E-state index contributed by atoms with van der Waals surface area (Å²) in [6.07, 6.45) is 82.4. The Morgan fingerprint density at radius 2 is 0.264 bits per heavy atom. The van der Waals surface area contributed by atoms with Crippen LogP contribution in [0.2, 0.25) is 0 Å². The summed E-state index contributed by atoms with van der Waals surface area (Å²) in [5, 5.41) is 0. The van der Waals surface area contributed by atoms with E-state index in [1.165, 1.54) is 381 Å². The monoisotopic (exact) mass is 1790 g/mol. The number of hydrogen-bond acceptors (Lipinski definition) is 20. The summed E-state index contributed by atoms with van der Waals surface area (Å²) in [6, 6.07) is 0. The number of thioether (sulfide) groups is 4. The number of ether oxygens (including phenoxy) is 8. The molecule has 0 N–H and O–H groups in total. The molecule has 0 spiro atoms. The van der Waals surface area contributed by atoms with Crippen molar-refractivity contribution in [2.24, 2.45) is 5.41 Å². The van der Waals surface area contributed by atoms with Crippen molar-refractivity contribution < 1.29 is 76.3 Å². The first-order chi connectivity index (χ1) is 59.4. The summed E-state index contributed by atoms with van der Waals surface area (Å²) in [5.74, 6) is -0.0999. The van der Waals surface area contributed by atoms with Gasteiger partial charge >= 0.3 is 47.8 Å². The highest BCUT2D eigenvalue weighted by atomic mass is 32.2. The molecule has 0 aliphatic carbocycles. The minimum atomic E-state index is -1.50. The van der Waals surface area contributed by atoms with Gasteiger partial charge in [-0.2, -0.15) is 47.0 Å². The van der Waals surface area contributed by atoms with Crippen molar-refractivity contribution in [1.29, 1.82) is 0 Å². The van der Waals surface area contributed by atoms with Gasteiger partial charge in [0.1, 0.15) is 31.8 Å². The van der Waals surface area contributed by atoms with Gasteiger partial charge < -0.3 is 37.9 Å². The second kappa shape index (κ2) is 97.8. The molecule has 0 unspecified atom stereocenters. The van der Waals surface area contributed by atoms with E-state index in [0.29, 0.717) is 72.5 Å². The summed E-state index contributed by atoms with van der Waals surface area (Å²) < 4.78 is 45.7. The molecule has 0 aliphatic heterocycles. The zero-order valence-corrected chi connectivity index (χ0v) is 82.2. The number of esters is 8. The molecule has 0 amide bonds. The summed E-state index contributed by atoms with van der Waals surface area (Å²) >= 11 is 5.72. The number of unbranched alkanes of at least 4 members (excludes halogenated alkanes) is 60. The SMILES string of the molecule is CCCCCCCCCCCCCCCCCCOC(=O)CCSCCC(=O)OCC(COC(=O)CCSCCC(=O)OCCCCCCCCCCCCCCCCCC)(COC(=O)CCSCCC(=O)OCCCCCCCCCCCCCCCCCC)COC(=O)CCSCCC(=O)OCCCCCCCCCCCCCCCCCC. The smallest absolute Gasteiger partial charge is 0.306 e. The molecule has 0 aromatic heterocycles. The zero-order chi connectivity index (χ0) is 87.8. The molecule has 0 atom stereocenters. The lowest BCUT2D eigenvalue weighted by molar-refractivity contribution is -0.170. The van der Waals surface area contributed by atoms with E-state index < -0.39 is 55.7 Å². The Morgan fingerprint density at radius 1 is 0.157 bits per heavy atom. The lowest BCUT2D eigenvalue weighted by Crippen LogP contribution is -2.44. The van der Waals surface area contributed by atoms with E-state index >= 15 is 0 Å². The van der Waals surface area contributed by atoms with E-state index in [4.69, 9.17) is 37.9 Å². The molecule has 0 rings (SSSR count). The second-order valence-electron chi connectivity index (χ2n) is 34.7. The first-order valence-electron chi connectivity index (χ1n) is 51.0. The van der Waals surface area contributed by atoms with Crippen LogP contribution in [0.15, 0.2) is 0 Å². The Morgan fingerprint density at radius 3 is 0.388 bits per heavy atom. The quantitative estimate of drug-likeness (QED) is 0.0315. The molecule has 0 aromatic rings. The van der Waals surface area contributed by atoms with Crippen LogP contribution in [-0.4, -0.2) is 147 Å². The predicted octanol–water partition coefficient (Wildman–Crippen LogP) is 29.4. The molecule has 0 bridgehead atoms. The van der Waals surface area contributed by atoms with E-state index in [9.17, 15) is 38.4 Å². The molecule has 0 radical (unpaired) electrons. The molecule has 0 heterocycles. The van der Waals surface area contributed by atoms with Gasteiger partial charge in [-0.15, -0.1) is 0 Å². The third kappa shape index (κ3) is 93.1. The fraction of sp³-hybridized carbons (Fsp3) is 0.921. The molecule has 20 heteroatoms. The first kappa shape index (κ1) is 118. The predicted molar refractivity (Wildman–Crippen MR) is 515 cm³/mol. The average molecular weight is 1790 g/mol. The van der Waals surface area contributed by atoms with Crippen molar-refractivity contribution in [3.05, 3.63) is 0 Å². The van der Waals surface area contributed by atoms with E-state index in [-0.39, 0.29) is 75.2 Å². The summed E-state index contributed by atoms with van der Waals surface area (Å²) in [6.45, 7) is 9.01. The fourth-order valence-electron chi connectivity index (χ4n) is 14.8. The highest BCUT2D eigenvalue weighted by molar-refractivity contribution is 7.99. The van der Waals surface area contributed by atoms with Crippen LogP contribution >= 0.6 is 47.0 Å². The van der Waals surface area contributed by atoms with Gasteiger partial charge in [0.15, 0.2) is 0 Å². The maximum absolute atomic E-state index is 13.6. The van der Waals surface area contributed by atoms with Gasteiger partial charge in [-0.25, -0.2) is 0 Å². The zero-order valence-electron chi connectivity index (χ0n) is 78.9. The van der Waals surface area contributed by atoms with E-state index in [2.05, 4.69) is 27.7 Å². The third-order valence-corrected chi connectivity index (χ3v) is 26.7. The summed E-state index contributed by atoms with van der Waals surface area (Å²) in [4.78, 5) is 105. The lowest BCUT2D eigenvalue weighted by Gasteiger charge is -2.31. The molecule has 0 saturated heterocycles. The molecule has 121 heavy (non-hydrogen) atoms. The van der Waals surface area contributed by atoms with Crippen molar-refractivity contribution in [3.63, 3.8) is 0 Å². The van der Waals surface area contributed by atoms with Gasteiger partial charge in [-0.3, -0.25) is 38.4 Å². The molecule has 712 valence electrons. The van der Waals surface area contributed by atoms with Crippen molar-refractivity contribution in [1.82, 2.24) is 0 Å².